The summed E-state index contributed by atoms with van der Waals surface area (Å²) in [5.41, 5.74) is 0. The van der Waals surface area contributed by atoms with Gasteiger partial charge in [0.2, 0.25) is 0 Å². The zero-order valence-electron chi connectivity index (χ0n) is 7.86. The molecular weight excluding hydrogens is 172 g/mol. The van der Waals surface area contributed by atoms with E-state index in [1.54, 1.807) is 11.9 Å². The predicted molar refractivity (Wildman–Crippen MR) is 46.4 cm³/mol. The van der Waals surface area contributed by atoms with E-state index in [0.717, 1.165) is 6.42 Å². The highest BCUT2D eigenvalue weighted by Crippen LogP contribution is 2.10. The minimum Gasteiger partial charge on any atom is -0.480 e. The van der Waals surface area contributed by atoms with E-state index in [1.807, 2.05) is 0 Å². The Morgan fingerprint density at radius 2 is 2.15 bits per heavy atom. The van der Waals surface area contributed by atoms with Crippen LogP contribution in [0.3, 0.4) is 0 Å². The van der Waals surface area contributed by atoms with Crippen LogP contribution in [0.4, 0.5) is 4.79 Å². The summed E-state index contributed by atoms with van der Waals surface area (Å²) in [6, 6.07) is -0.920. The van der Waals surface area contributed by atoms with Crippen LogP contribution in [0.15, 0.2) is 0 Å². The van der Waals surface area contributed by atoms with Crippen LogP contribution in [-0.4, -0.2) is 53.1 Å². The second-order valence-electron chi connectivity index (χ2n) is 3.27. The molecule has 1 saturated heterocycles. The largest absolute Gasteiger partial charge is 0.480 e. The molecular formula is C8H14N2O3. The fourth-order valence-electron chi connectivity index (χ4n) is 1.38. The van der Waals surface area contributed by atoms with Crippen LogP contribution in [0.1, 0.15) is 13.3 Å². The first-order chi connectivity index (χ1) is 6.04. The number of carboxylic acid groups (broad SMARTS) is 1. The molecule has 0 aromatic carbocycles. The summed E-state index contributed by atoms with van der Waals surface area (Å²) >= 11 is 0. The van der Waals surface area contributed by atoms with Crippen molar-refractivity contribution >= 4 is 12.0 Å². The van der Waals surface area contributed by atoms with Crippen molar-refractivity contribution in [2.75, 3.05) is 20.1 Å². The second-order valence-corrected chi connectivity index (χ2v) is 3.27. The molecule has 1 aliphatic rings. The molecule has 74 valence electrons. The van der Waals surface area contributed by atoms with Gasteiger partial charge in [0.25, 0.3) is 0 Å². The Bertz CT molecular complexity index is 229. The van der Waals surface area contributed by atoms with Crippen molar-refractivity contribution in [1.82, 2.24) is 9.80 Å². The number of rotatable bonds is 2. The van der Waals surface area contributed by atoms with Gasteiger partial charge in [0.05, 0.1) is 0 Å². The molecule has 0 aromatic heterocycles. The molecule has 0 unspecified atom stereocenters. The molecule has 5 nitrogen and oxygen atoms in total. The number of carbonyl (C=O) groups excluding carboxylic acids is 1. The van der Waals surface area contributed by atoms with Crippen molar-refractivity contribution in [3.8, 4) is 0 Å². The van der Waals surface area contributed by atoms with E-state index in [0.29, 0.717) is 13.1 Å². The van der Waals surface area contributed by atoms with Crippen LogP contribution in [0.25, 0.3) is 0 Å². The molecule has 0 radical (unpaired) electrons. The molecule has 1 atom stereocenters. The average Bonchev–Trinajstić information content (AvgIpc) is 2.08. The quantitative estimate of drug-likeness (QED) is 0.671. The molecule has 13 heavy (non-hydrogen) atoms. The highest BCUT2D eigenvalue weighted by atomic mass is 16.4. The van der Waals surface area contributed by atoms with Gasteiger partial charge in [-0.15, -0.1) is 0 Å². The van der Waals surface area contributed by atoms with Gasteiger partial charge in [-0.1, -0.05) is 0 Å². The van der Waals surface area contributed by atoms with E-state index >= 15 is 0 Å². The normalized spacial score (nSPS) is 20.3. The molecule has 2 amide bonds. The van der Waals surface area contributed by atoms with Gasteiger partial charge in [0.1, 0.15) is 6.04 Å². The van der Waals surface area contributed by atoms with E-state index in [-0.39, 0.29) is 6.03 Å². The predicted octanol–water partition coefficient (Wildman–Crippen LogP) is 0.217. The maximum absolute atomic E-state index is 11.5. The molecule has 5 heteroatoms. The fourth-order valence-corrected chi connectivity index (χ4v) is 1.38. The standard InChI is InChI=1S/C8H14N2O3/c1-6(7(11)12)10-5-3-4-9(2)8(10)13/h6H,3-5H2,1-2H3,(H,11,12)/t6-/m0/s1. The Hall–Kier alpha value is -1.26. The minimum atomic E-state index is -0.955. The molecule has 1 fully saturated rings. The molecule has 1 aliphatic heterocycles. The number of hydrogen-bond donors (Lipinski definition) is 1. The van der Waals surface area contributed by atoms with E-state index in [1.165, 1.54) is 11.8 Å². The topological polar surface area (TPSA) is 60.9 Å². The smallest absolute Gasteiger partial charge is 0.326 e. The Morgan fingerprint density at radius 1 is 1.54 bits per heavy atom. The number of nitrogens with zero attached hydrogens (tertiary/aromatic N) is 2. The third-order valence-corrected chi connectivity index (χ3v) is 2.29. The van der Waals surface area contributed by atoms with Gasteiger partial charge in [-0.3, -0.25) is 0 Å². The van der Waals surface area contributed by atoms with Crippen LogP contribution in [0.5, 0.6) is 0 Å². The van der Waals surface area contributed by atoms with Gasteiger partial charge >= 0.3 is 12.0 Å². The molecule has 0 bridgehead atoms. The summed E-state index contributed by atoms with van der Waals surface area (Å²) < 4.78 is 0. The van der Waals surface area contributed by atoms with Crippen molar-refractivity contribution in [3.63, 3.8) is 0 Å². The van der Waals surface area contributed by atoms with Gasteiger partial charge in [-0.25, -0.2) is 9.59 Å². The van der Waals surface area contributed by atoms with E-state index in [2.05, 4.69) is 0 Å². The SMILES string of the molecule is C[C@@H](C(=O)O)N1CCCN(C)C1=O. The zero-order valence-corrected chi connectivity index (χ0v) is 7.86. The summed E-state index contributed by atoms with van der Waals surface area (Å²) in [6.07, 6.45) is 0.833. The number of hydrogen-bond acceptors (Lipinski definition) is 2. The summed E-state index contributed by atoms with van der Waals surface area (Å²) in [6.45, 7) is 2.78. The highest BCUT2D eigenvalue weighted by molar-refractivity contribution is 5.82. The van der Waals surface area contributed by atoms with E-state index < -0.39 is 12.0 Å². The van der Waals surface area contributed by atoms with E-state index in [4.69, 9.17) is 5.11 Å². The number of amides is 2. The van der Waals surface area contributed by atoms with Crippen molar-refractivity contribution < 1.29 is 14.7 Å². The Kier molecular flexibility index (Phi) is 2.75. The molecule has 0 aliphatic carbocycles. The lowest BCUT2D eigenvalue weighted by atomic mass is 10.2. The first-order valence-electron chi connectivity index (χ1n) is 4.28. The third-order valence-electron chi connectivity index (χ3n) is 2.29. The number of carboxylic acids is 1. The fraction of sp³-hybridized carbons (Fsp3) is 0.750. The van der Waals surface area contributed by atoms with Crippen molar-refractivity contribution in [2.24, 2.45) is 0 Å². The molecule has 1 N–H and O–H groups in total. The maximum Gasteiger partial charge on any atom is 0.326 e. The highest BCUT2D eigenvalue weighted by Gasteiger charge is 2.30. The van der Waals surface area contributed by atoms with E-state index in [9.17, 15) is 9.59 Å². The molecule has 0 spiro atoms. The molecule has 1 rings (SSSR count). The summed E-state index contributed by atoms with van der Waals surface area (Å²) in [5, 5.41) is 8.73. The molecule has 0 aromatic rings. The zero-order chi connectivity index (χ0) is 10.0. The van der Waals surface area contributed by atoms with Crippen LogP contribution < -0.4 is 0 Å². The Labute approximate surface area is 76.9 Å². The van der Waals surface area contributed by atoms with Gasteiger partial charge in [-0.05, 0) is 13.3 Å². The summed E-state index contributed by atoms with van der Waals surface area (Å²) in [4.78, 5) is 25.0. The monoisotopic (exact) mass is 186 g/mol. The first-order valence-corrected chi connectivity index (χ1v) is 4.28. The second kappa shape index (κ2) is 3.64. The Balaban J connectivity index is 2.68. The van der Waals surface area contributed by atoms with Crippen LogP contribution >= 0.6 is 0 Å². The lowest BCUT2D eigenvalue weighted by Crippen LogP contribution is -2.53. The number of urea groups is 1. The van der Waals surface area contributed by atoms with Crippen molar-refractivity contribution in [3.05, 3.63) is 0 Å². The van der Waals surface area contributed by atoms with Gasteiger partial charge in [0, 0.05) is 20.1 Å². The summed E-state index contributed by atoms with van der Waals surface area (Å²) in [7, 11) is 1.68. The number of carbonyl (C=O) groups is 2. The van der Waals surface area contributed by atoms with Gasteiger partial charge < -0.3 is 14.9 Å². The lowest BCUT2D eigenvalue weighted by molar-refractivity contribution is -0.142. The Morgan fingerprint density at radius 3 is 2.69 bits per heavy atom. The molecule has 1 heterocycles. The van der Waals surface area contributed by atoms with Gasteiger partial charge in [0.15, 0.2) is 0 Å². The van der Waals surface area contributed by atoms with Crippen molar-refractivity contribution in [2.45, 2.75) is 19.4 Å². The van der Waals surface area contributed by atoms with Crippen LogP contribution in [0, 0.1) is 0 Å². The summed E-state index contributed by atoms with van der Waals surface area (Å²) in [5.74, 6) is -0.955. The average molecular weight is 186 g/mol. The van der Waals surface area contributed by atoms with Gasteiger partial charge in [-0.2, -0.15) is 0 Å². The maximum atomic E-state index is 11.5. The number of aliphatic carboxylic acids is 1. The van der Waals surface area contributed by atoms with Crippen LogP contribution in [-0.2, 0) is 4.79 Å². The lowest BCUT2D eigenvalue weighted by Gasteiger charge is -2.35. The third kappa shape index (κ3) is 1.91. The minimum absolute atomic E-state index is 0.193. The first kappa shape index (κ1) is 9.83. The van der Waals surface area contributed by atoms with Crippen LogP contribution in [0.2, 0.25) is 0 Å². The molecule has 0 saturated carbocycles. The van der Waals surface area contributed by atoms with Crippen molar-refractivity contribution in [1.29, 1.82) is 0 Å².